The van der Waals surface area contributed by atoms with Crippen LogP contribution in [0.5, 0.6) is 0 Å². The lowest BCUT2D eigenvalue weighted by atomic mass is 9.82. The first-order chi connectivity index (χ1) is 8.99. The van der Waals surface area contributed by atoms with Crippen LogP contribution in [0.25, 0.3) is 0 Å². The van der Waals surface area contributed by atoms with Gasteiger partial charge in [0.05, 0.1) is 18.8 Å². The molecule has 0 saturated carbocycles. The van der Waals surface area contributed by atoms with E-state index in [-0.39, 0.29) is 5.41 Å². The van der Waals surface area contributed by atoms with Crippen LogP contribution in [0.3, 0.4) is 0 Å². The Morgan fingerprint density at radius 2 is 2.05 bits per heavy atom. The molecule has 0 spiro atoms. The minimum Gasteiger partial charge on any atom is -0.388 e. The summed E-state index contributed by atoms with van der Waals surface area (Å²) in [5.74, 6) is 0. The minimum absolute atomic E-state index is 0.168. The van der Waals surface area contributed by atoms with Crippen molar-refractivity contribution in [3.63, 3.8) is 0 Å². The lowest BCUT2D eigenvalue weighted by molar-refractivity contribution is -0.0486. The smallest absolute Gasteiger partial charge is 0.0853 e. The number of hydrogen-bond donors (Lipinski definition) is 1. The molecular weight excluding hydrogens is 238 g/mol. The van der Waals surface area contributed by atoms with Gasteiger partial charge in [0.25, 0.3) is 0 Å². The van der Waals surface area contributed by atoms with Crippen LogP contribution in [-0.4, -0.2) is 42.4 Å². The third kappa shape index (κ3) is 3.78. The standard InChI is InChI=1S/C16H25NO2/c1-13-11-17(9-10-19-13)12-16(2,3)15(18)14-7-5-4-6-8-14/h4-8,13,15,18H,9-12H2,1-3H3. The maximum absolute atomic E-state index is 10.6. The van der Waals surface area contributed by atoms with Crippen molar-refractivity contribution in [1.82, 2.24) is 4.90 Å². The van der Waals surface area contributed by atoms with E-state index in [9.17, 15) is 5.11 Å². The molecule has 0 aliphatic carbocycles. The van der Waals surface area contributed by atoms with E-state index in [1.54, 1.807) is 0 Å². The quantitative estimate of drug-likeness (QED) is 0.906. The first-order valence-corrected chi connectivity index (χ1v) is 7.06. The second-order valence-corrected chi connectivity index (χ2v) is 6.22. The van der Waals surface area contributed by atoms with Gasteiger partial charge < -0.3 is 9.84 Å². The zero-order valence-corrected chi connectivity index (χ0v) is 12.2. The maximum atomic E-state index is 10.6. The predicted molar refractivity (Wildman–Crippen MR) is 77.0 cm³/mol. The molecule has 1 fully saturated rings. The predicted octanol–water partition coefficient (Wildman–Crippen LogP) is 2.47. The Morgan fingerprint density at radius 1 is 1.37 bits per heavy atom. The van der Waals surface area contributed by atoms with E-state index in [1.165, 1.54) is 0 Å². The summed E-state index contributed by atoms with van der Waals surface area (Å²) in [5, 5.41) is 10.6. The molecule has 2 rings (SSSR count). The highest BCUT2D eigenvalue weighted by atomic mass is 16.5. The number of aliphatic hydroxyl groups is 1. The van der Waals surface area contributed by atoms with Gasteiger partial charge in [-0.25, -0.2) is 0 Å². The van der Waals surface area contributed by atoms with Gasteiger partial charge >= 0.3 is 0 Å². The van der Waals surface area contributed by atoms with Crippen molar-refractivity contribution in [2.75, 3.05) is 26.2 Å². The van der Waals surface area contributed by atoms with Crippen LogP contribution in [0.2, 0.25) is 0 Å². The van der Waals surface area contributed by atoms with Crippen molar-refractivity contribution in [1.29, 1.82) is 0 Å². The topological polar surface area (TPSA) is 32.7 Å². The monoisotopic (exact) mass is 263 g/mol. The molecule has 2 unspecified atom stereocenters. The fraction of sp³-hybridized carbons (Fsp3) is 0.625. The fourth-order valence-electron chi connectivity index (χ4n) is 2.78. The Balaban J connectivity index is 2.01. The van der Waals surface area contributed by atoms with Crippen LogP contribution in [0.1, 0.15) is 32.4 Å². The lowest BCUT2D eigenvalue weighted by Gasteiger charge is -2.39. The Hall–Kier alpha value is -0.900. The largest absolute Gasteiger partial charge is 0.388 e. The summed E-state index contributed by atoms with van der Waals surface area (Å²) < 4.78 is 5.56. The van der Waals surface area contributed by atoms with Crippen molar-refractivity contribution in [3.8, 4) is 0 Å². The number of nitrogens with zero attached hydrogens (tertiary/aromatic N) is 1. The average molecular weight is 263 g/mol. The van der Waals surface area contributed by atoms with Crippen LogP contribution < -0.4 is 0 Å². The summed E-state index contributed by atoms with van der Waals surface area (Å²) in [6.45, 7) is 9.94. The van der Waals surface area contributed by atoms with E-state index in [0.29, 0.717) is 6.10 Å². The van der Waals surface area contributed by atoms with Crippen LogP contribution >= 0.6 is 0 Å². The summed E-state index contributed by atoms with van der Waals surface area (Å²) >= 11 is 0. The molecule has 3 nitrogen and oxygen atoms in total. The summed E-state index contributed by atoms with van der Waals surface area (Å²) in [6, 6.07) is 9.92. The van der Waals surface area contributed by atoms with Crippen molar-refractivity contribution >= 4 is 0 Å². The Morgan fingerprint density at radius 3 is 2.68 bits per heavy atom. The molecule has 0 amide bonds. The molecule has 1 saturated heterocycles. The van der Waals surface area contributed by atoms with Crippen molar-refractivity contribution in [2.45, 2.75) is 33.0 Å². The zero-order valence-electron chi connectivity index (χ0n) is 12.2. The van der Waals surface area contributed by atoms with Gasteiger partial charge in [0.15, 0.2) is 0 Å². The number of benzene rings is 1. The number of hydrogen-bond acceptors (Lipinski definition) is 3. The van der Waals surface area contributed by atoms with Gasteiger partial charge in [-0.05, 0) is 12.5 Å². The normalized spacial score (nSPS) is 23.3. The molecular formula is C16H25NO2. The average Bonchev–Trinajstić information content (AvgIpc) is 2.38. The summed E-state index contributed by atoms with van der Waals surface area (Å²) in [6.07, 6.45) is -0.148. The number of aliphatic hydroxyl groups excluding tert-OH is 1. The molecule has 0 radical (unpaired) electrons. The van der Waals surface area contributed by atoms with E-state index in [1.807, 2.05) is 30.3 Å². The molecule has 19 heavy (non-hydrogen) atoms. The molecule has 3 heteroatoms. The summed E-state index contributed by atoms with van der Waals surface area (Å²) in [4.78, 5) is 2.39. The van der Waals surface area contributed by atoms with Crippen molar-refractivity contribution < 1.29 is 9.84 Å². The first-order valence-electron chi connectivity index (χ1n) is 7.06. The fourth-order valence-corrected chi connectivity index (χ4v) is 2.78. The Bertz CT molecular complexity index is 391. The van der Waals surface area contributed by atoms with Crippen LogP contribution in [-0.2, 0) is 4.74 Å². The number of rotatable bonds is 4. The van der Waals surface area contributed by atoms with Crippen LogP contribution in [0.4, 0.5) is 0 Å². The second kappa shape index (κ2) is 6.04. The molecule has 1 N–H and O–H groups in total. The van der Waals surface area contributed by atoms with Crippen molar-refractivity contribution in [3.05, 3.63) is 35.9 Å². The Kier molecular flexibility index (Phi) is 4.61. The van der Waals surface area contributed by atoms with Crippen LogP contribution in [0.15, 0.2) is 30.3 Å². The van der Waals surface area contributed by atoms with Gasteiger partial charge in [-0.15, -0.1) is 0 Å². The molecule has 0 bridgehead atoms. The van der Waals surface area contributed by atoms with Crippen LogP contribution in [0, 0.1) is 5.41 Å². The van der Waals surface area contributed by atoms with Gasteiger partial charge in [-0.2, -0.15) is 0 Å². The summed E-state index contributed by atoms with van der Waals surface area (Å²) in [5.41, 5.74) is 0.826. The molecule has 0 aromatic heterocycles. The molecule has 1 aliphatic heterocycles. The number of ether oxygens (including phenoxy) is 1. The molecule has 1 aromatic rings. The van der Waals surface area contributed by atoms with E-state index >= 15 is 0 Å². The number of morpholine rings is 1. The first kappa shape index (κ1) is 14.5. The highest BCUT2D eigenvalue weighted by Gasteiger charge is 2.32. The van der Waals surface area contributed by atoms with Gasteiger partial charge in [-0.1, -0.05) is 44.2 Å². The lowest BCUT2D eigenvalue weighted by Crippen LogP contribution is -2.46. The van der Waals surface area contributed by atoms with Gasteiger partial charge in [-0.3, -0.25) is 4.90 Å². The zero-order chi connectivity index (χ0) is 13.9. The molecule has 1 heterocycles. The molecule has 2 atom stereocenters. The van der Waals surface area contributed by atoms with E-state index in [4.69, 9.17) is 4.74 Å². The third-order valence-corrected chi connectivity index (χ3v) is 3.81. The highest BCUT2D eigenvalue weighted by Crippen LogP contribution is 2.34. The molecule has 106 valence electrons. The Labute approximate surface area is 116 Å². The highest BCUT2D eigenvalue weighted by molar-refractivity contribution is 5.19. The minimum atomic E-state index is -0.438. The van der Waals surface area contributed by atoms with Gasteiger partial charge in [0.2, 0.25) is 0 Å². The summed E-state index contributed by atoms with van der Waals surface area (Å²) in [7, 11) is 0. The van der Waals surface area contributed by atoms with E-state index < -0.39 is 6.10 Å². The van der Waals surface area contributed by atoms with E-state index in [2.05, 4.69) is 25.7 Å². The van der Waals surface area contributed by atoms with Gasteiger partial charge in [0, 0.05) is 25.0 Å². The maximum Gasteiger partial charge on any atom is 0.0853 e. The third-order valence-electron chi connectivity index (χ3n) is 3.81. The van der Waals surface area contributed by atoms with Crippen molar-refractivity contribution in [2.24, 2.45) is 5.41 Å². The van der Waals surface area contributed by atoms with E-state index in [0.717, 1.165) is 31.8 Å². The second-order valence-electron chi connectivity index (χ2n) is 6.22. The SMILES string of the molecule is CC1CN(CC(C)(C)C(O)c2ccccc2)CCO1. The van der Waals surface area contributed by atoms with Gasteiger partial charge in [0.1, 0.15) is 0 Å². The molecule has 1 aromatic carbocycles. The molecule has 1 aliphatic rings.